The molecule has 0 aromatic carbocycles. The van der Waals surface area contributed by atoms with E-state index in [1.807, 2.05) is 32.3 Å². The maximum absolute atomic E-state index is 12.6. The molecule has 0 saturated carbocycles. The molecule has 2 saturated heterocycles. The number of nitrogens with zero attached hydrogens (tertiary/aromatic N) is 3. The summed E-state index contributed by atoms with van der Waals surface area (Å²) in [6.45, 7) is 8.81. The van der Waals surface area contributed by atoms with Gasteiger partial charge in [-0.3, -0.25) is 19.6 Å². The minimum atomic E-state index is -0.545. The normalized spacial score (nSPS) is 23.3. The topological polar surface area (TPSA) is 68.7 Å². The van der Waals surface area contributed by atoms with Gasteiger partial charge in [-0.25, -0.2) is 0 Å². The molecular formula is C21H34N4O2. The Balaban J connectivity index is 1.47. The molecule has 0 spiro atoms. The number of piperidine rings is 2. The third kappa shape index (κ3) is 5.74. The second-order valence-corrected chi connectivity index (χ2v) is 8.73. The predicted molar refractivity (Wildman–Crippen MR) is 106 cm³/mol. The van der Waals surface area contributed by atoms with Gasteiger partial charge in [0.2, 0.25) is 5.91 Å². The van der Waals surface area contributed by atoms with Gasteiger partial charge in [-0.1, -0.05) is 6.07 Å². The van der Waals surface area contributed by atoms with Crippen LogP contribution in [0.5, 0.6) is 0 Å². The van der Waals surface area contributed by atoms with Crippen LogP contribution in [0.25, 0.3) is 0 Å². The number of hydrogen-bond acceptors (Lipinski definition) is 5. The molecule has 0 aliphatic carbocycles. The summed E-state index contributed by atoms with van der Waals surface area (Å²) < 4.78 is 0. The maximum atomic E-state index is 12.6. The van der Waals surface area contributed by atoms with E-state index in [-0.39, 0.29) is 18.4 Å². The number of aliphatic hydroxyl groups is 1. The maximum Gasteiger partial charge on any atom is 0.224 e. The van der Waals surface area contributed by atoms with E-state index in [2.05, 4.69) is 26.2 Å². The van der Waals surface area contributed by atoms with Gasteiger partial charge in [0.05, 0.1) is 18.1 Å². The standard InChI is InChI=1S/C21H34N4O2/c1-21(2,16-26)23-20(27)18-6-4-10-25(15-18)19-7-11-24(12-8-19)14-17-5-3-9-22-13-17/h3,5,9,13,18-19,26H,4,6-8,10-12,14-16H2,1-2H3,(H,23,27)/t18-/m0/s1. The molecular weight excluding hydrogens is 340 g/mol. The Labute approximate surface area is 163 Å². The Bertz CT molecular complexity index is 599. The van der Waals surface area contributed by atoms with Gasteiger partial charge in [0.1, 0.15) is 0 Å². The number of likely N-dealkylation sites (tertiary alicyclic amines) is 2. The Kier molecular flexibility index (Phi) is 6.84. The Morgan fingerprint density at radius 2 is 2.07 bits per heavy atom. The summed E-state index contributed by atoms with van der Waals surface area (Å²) in [5, 5.41) is 12.4. The van der Waals surface area contributed by atoms with Gasteiger partial charge < -0.3 is 10.4 Å². The van der Waals surface area contributed by atoms with E-state index in [1.54, 1.807) is 0 Å². The summed E-state index contributed by atoms with van der Waals surface area (Å²) in [6.07, 6.45) is 8.12. The number of hydrogen-bond donors (Lipinski definition) is 2. The van der Waals surface area contributed by atoms with Crippen molar-refractivity contribution in [3.8, 4) is 0 Å². The lowest BCUT2D eigenvalue weighted by atomic mass is 9.92. The SMILES string of the molecule is CC(C)(CO)NC(=O)[C@H]1CCCN(C2CCN(Cc3cccnc3)CC2)C1. The van der Waals surface area contributed by atoms with E-state index in [9.17, 15) is 9.90 Å². The minimum absolute atomic E-state index is 0.0371. The molecule has 0 bridgehead atoms. The highest BCUT2D eigenvalue weighted by Crippen LogP contribution is 2.25. The van der Waals surface area contributed by atoms with E-state index in [0.717, 1.165) is 58.4 Å². The van der Waals surface area contributed by atoms with Crippen LogP contribution in [-0.2, 0) is 11.3 Å². The first-order chi connectivity index (χ1) is 13.0. The van der Waals surface area contributed by atoms with Gasteiger partial charge in [-0.15, -0.1) is 0 Å². The molecule has 150 valence electrons. The summed E-state index contributed by atoms with van der Waals surface area (Å²) >= 11 is 0. The van der Waals surface area contributed by atoms with E-state index >= 15 is 0 Å². The largest absolute Gasteiger partial charge is 0.394 e. The summed E-state index contributed by atoms with van der Waals surface area (Å²) in [5.41, 5.74) is 0.730. The molecule has 1 aromatic rings. The lowest BCUT2D eigenvalue weighted by Gasteiger charge is -2.42. The fourth-order valence-corrected chi connectivity index (χ4v) is 4.22. The van der Waals surface area contributed by atoms with Gasteiger partial charge in [0, 0.05) is 31.5 Å². The molecule has 2 aliphatic heterocycles. The van der Waals surface area contributed by atoms with Crippen molar-refractivity contribution in [1.29, 1.82) is 0 Å². The van der Waals surface area contributed by atoms with E-state index < -0.39 is 5.54 Å². The first kappa shape index (κ1) is 20.2. The van der Waals surface area contributed by atoms with Crippen LogP contribution in [0.15, 0.2) is 24.5 Å². The van der Waals surface area contributed by atoms with Gasteiger partial charge in [0.15, 0.2) is 0 Å². The first-order valence-corrected chi connectivity index (χ1v) is 10.2. The molecule has 3 rings (SSSR count). The molecule has 0 radical (unpaired) electrons. The quantitative estimate of drug-likeness (QED) is 0.792. The number of aromatic nitrogens is 1. The van der Waals surface area contributed by atoms with Crippen LogP contribution in [0.3, 0.4) is 0 Å². The van der Waals surface area contributed by atoms with Crippen LogP contribution < -0.4 is 5.32 Å². The lowest BCUT2D eigenvalue weighted by Crippen LogP contribution is -2.54. The zero-order chi connectivity index (χ0) is 19.3. The molecule has 27 heavy (non-hydrogen) atoms. The summed E-state index contributed by atoms with van der Waals surface area (Å²) in [7, 11) is 0. The molecule has 6 nitrogen and oxygen atoms in total. The minimum Gasteiger partial charge on any atom is -0.394 e. The zero-order valence-corrected chi connectivity index (χ0v) is 16.7. The predicted octanol–water partition coefficient (Wildman–Crippen LogP) is 1.65. The van der Waals surface area contributed by atoms with Crippen molar-refractivity contribution < 1.29 is 9.90 Å². The molecule has 2 fully saturated rings. The Morgan fingerprint density at radius 1 is 1.30 bits per heavy atom. The van der Waals surface area contributed by atoms with Gasteiger partial charge in [-0.05, 0) is 70.8 Å². The smallest absolute Gasteiger partial charge is 0.224 e. The Morgan fingerprint density at radius 3 is 2.74 bits per heavy atom. The Hall–Kier alpha value is -1.50. The zero-order valence-electron chi connectivity index (χ0n) is 16.7. The molecule has 3 heterocycles. The van der Waals surface area contributed by atoms with Crippen molar-refractivity contribution in [2.45, 2.75) is 57.7 Å². The average molecular weight is 375 g/mol. The van der Waals surface area contributed by atoms with E-state index in [0.29, 0.717) is 6.04 Å². The van der Waals surface area contributed by atoms with Crippen LogP contribution >= 0.6 is 0 Å². The number of carbonyl (C=O) groups excluding carboxylic acids is 1. The van der Waals surface area contributed by atoms with Crippen molar-refractivity contribution in [2.24, 2.45) is 5.92 Å². The van der Waals surface area contributed by atoms with Crippen LogP contribution in [0.1, 0.15) is 45.1 Å². The van der Waals surface area contributed by atoms with Gasteiger partial charge in [-0.2, -0.15) is 0 Å². The first-order valence-electron chi connectivity index (χ1n) is 10.2. The van der Waals surface area contributed by atoms with Crippen molar-refractivity contribution in [3.05, 3.63) is 30.1 Å². The van der Waals surface area contributed by atoms with E-state index in [4.69, 9.17) is 0 Å². The number of nitrogens with one attached hydrogen (secondary N) is 1. The highest BCUT2D eigenvalue weighted by Gasteiger charge is 2.33. The molecule has 1 atom stereocenters. The number of rotatable bonds is 6. The average Bonchev–Trinajstić information content (AvgIpc) is 2.69. The number of amides is 1. The number of pyridine rings is 1. The molecule has 0 unspecified atom stereocenters. The molecule has 2 aliphatic rings. The summed E-state index contributed by atoms with van der Waals surface area (Å²) in [4.78, 5) is 21.8. The second kappa shape index (κ2) is 9.13. The molecule has 1 amide bonds. The number of aliphatic hydroxyl groups excluding tert-OH is 1. The van der Waals surface area contributed by atoms with Crippen LogP contribution in [0.2, 0.25) is 0 Å². The molecule has 6 heteroatoms. The number of carbonyl (C=O) groups is 1. The lowest BCUT2D eigenvalue weighted by molar-refractivity contribution is -0.129. The van der Waals surface area contributed by atoms with Gasteiger partial charge >= 0.3 is 0 Å². The van der Waals surface area contributed by atoms with E-state index in [1.165, 1.54) is 5.56 Å². The molecule has 1 aromatic heterocycles. The van der Waals surface area contributed by atoms with Crippen LogP contribution in [0.4, 0.5) is 0 Å². The fraction of sp³-hybridized carbons (Fsp3) is 0.714. The second-order valence-electron chi connectivity index (χ2n) is 8.73. The van der Waals surface area contributed by atoms with Crippen molar-refractivity contribution in [3.63, 3.8) is 0 Å². The fourth-order valence-electron chi connectivity index (χ4n) is 4.22. The van der Waals surface area contributed by atoms with Crippen LogP contribution in [0, 0.1) is 5.92 Å². The highest BCUT2D eigenvalue weighted by molar-refractivity contribution is 5.79. The highest BCUT2D eigenvalue weighted by atomic mass is 16.3. The van der Waals surface area contributed by atoms with Crippen LogP contribution in [-0.4, -0.2) is 70.2 Å². The van der Waals surface area contributed by atoms with Crippen molar-refractivity contribution >= 4 is 5.91 Å². The van der Waals surface area contributed by atoms with Gasteiger partial charge in [0.25, 0.3) is 0 Å². The summed E-state index contributed by atoms with van der Waals surface area (Å²) in [6, 6.07) is 4.72. The van der Waals surface area contributed by atoms with Crippen molar-refractivity contribution in [1.82, 2.24) is 20.1 Å². The third-order valence-corrected chi connectivity index (χ3v) is 5.88. The molecule has 2 N–H and O–H groups in total. The third-order valence-electron chi connectivity index (χ3n) is 5.88. The summed E-state index contributed by atoms with van der Waals surface area (Å²) in [5.74, 6) is 0.130. The van der Waals surface area contributed by atoms with Crippen molar-refractivity contribution in [2.75, 3.05) is 32.8 Å². The monoisotopic (exact) mass is 374 g/mol.